The summed E-state index contributed by atoms with van der Waals surface area (Å²) < 4.78 is 40.3. The van der Waals surface area contributed by atoms with E-state index in [1.54, 1.807) is 18.0 Å². The summed E-state index contributed by atoms with van der Waals surface area (Å²) in [6, 6.07) is 2.67. The van der Waals surface area contributed by atoms with Gasteiger partial charge in [-0.2, -0.15) is 13.2 Å². The van der Waals surface area contributed by atoms with Gasteiger partial charge >= 0.3 is 12.3 Å². The van der Waals surface area contributed by atoms with Gasteiger partial charge in [0.05, 0.1) is 11.3 Å². The molecule has 22 heavy (non-hydrogen) atoms. The number of nitrogens with zero attached hydrogens (tertiary/aromatic N) is 2. The van der Waals surface area contributed by atoms with Gasteiger partial charge in [0.2, 0.25) is 0 Å². The first kappa shape index (κ1) is 15.5. The highest BCUT2D eigenvalue weighted by molar-refractivity contribution is 9.10. The van der Waals surface area contributed by atoms with Crippen LogP contribution in [-0.4, -0.2) is 42.3 Å². The number of hydrogen-bond donors (Lipinski definition) is 1. The van der Waals surface area contributed by atoms with Crippen molar-refractivity contribution in [1.29, 1.82) is 0 Å². The van der Waals surface area contributed by atoms with E-state index in [4.69, 9.17) is 5.11 Å². The molecule has 2 heterocycles. The molecule has 0 saturated carbocycles. The number of amides is 1. The van der Waals surface area contributed by atoms with E-state index in [1.165, 1.54) is 4.90 Å². The SMILES string of the molecule is CN1c2c(cc(Br)cc2C(F)(F)F)[C@@H]2CN(C(=O)O)CC[C@@H]21. The van der Waals surface area contributed by atoms with Crippen molar-refractivity contribution in [2.24, 2.45) is 0 Å². The lowest BCUT2D eigenvalue weighted by Crippen LogP contribution is -2.46. The molecule has 2 atom stereocenters. The minimum Gasteiger partial charge on any atom is -0.465 e. The largest absolute Gasteiger partial charge is 0.465 e. The van der Waals surface area contributed by atoms with Crippen molar-refractivity contribution in [2.45, 2.75) is 24.6 Å². The number of hydrogen-bond acceptors (Lipinski definition) is 2. The molecule has 1 aromatic carbocycles. The maximum atomic E-state index is 13.3. The number of carbonyl (C=O) groups is 1. The van der Waals surface area contributed by atoms with Gasteiger partial charge in [-0.15, -0.1) is 0 Å². The van der Waals surface area contributed by atoms with Crippen molar-refractivity contribution < 1.29 is 23.1 Å². The Kier molecular flexibility index (Phi) is 3.54. The minimum absolute atomic E-state index is 0.0963. The zero-order valence-corrected chi connectivity index (χ0v) is 13.3. The van der Waals surface area contributed by atoms with Gasteiger partial charge in [-0.1, -0.05) is 15.9 Å². The molecular weight excluding hydrogens is 365 g/mol. The molecule has 2 aliphatic heterocycles. The standard InChI is InChI=1S/C14H14BrF3N2O2/c1-19-11-2-3-20(13(21)22)6-9(11)8-4-7(15)5-10(12(8)19)14(16,17)18/h4-5,9,11H,2-3,6H2,1H3,(H,21,22)/t9-,11-/m0/s1. The van der Waals surface area contributed by atoms with Crippen molar-refractivity contribution in [2.75, 3.05) is 25.0 Å². The lowest BCUT2D eigenvalue weighted by molar-refractivity contribution is -0.137. The molecular formula is C14H14BrF3N2O2. The van der Waals surface area contributed by atoms with Crippen molar-refractivity contribution in [3.05, 3.63) is 27.7 Å². The highest BCUT2D eigenvalue weighted by atomic mass is 79.9. The molecule has 0 aromatic heterocycles. The minimum atomic E-state index is -4.44. The Bertz CT molecular complexity index is 635. The summed E-state index contributed by atoms with van der Waals surface area (Å²) >= 11 is 3.14. The maximum Gasteiger partial charge on any atom is 0.418 e. The van der Waals surface area contributed by atoms with E-state index in [2.05, 4.69) is 15.9 Å². The molecule has 8 heteroatoms. The Morgan fingerprint density at radius 2 is 2.09 bits per heavy atom. The number of fused-ring (bicyclic) bond motifs is 3. The zero-order chi connectivity index (χ0) is 16.2. The first-order valence-corrected chi connectivity index (χ1v) is 7.60. The molecule has 0 aliphatic carbocycles. The molecule has 0 spiro atoms. The predicted octanol–water partition coefficient (Wildman–Crippen LogP) is 3.75. The van der Waals surface area contributed by atoms with Crippen LogP contribution in [0.15, 0.2) is 16.6 Å². The molecule has 1 saturated heterocycles. The summed E-state index contributed by atoms with van der Waals surface area (Å²) in [6.45, 7) is 0.572. The lowest BCUT2D eigenvalue weighted by atomic mass is 9.89. The van der Waals surface area contributed by atoms with E-state index in [-0.39, 0.29) is 24.2 Å². The van der Waals surface area contributed by atoms with Crippen molar-refractivity contribution >= 4 is 27.7 Å². The average Bonchev–Trinajstić information content (AvgIpc) is 2.70. The van der Waals surface area contributed by atoms with Crippen molar-refractivity contribution in [3.8, 4) is 0 Å². The first-order chi connectivity index (χ1) is 10.2. The van der Waals surface area contributed by atoms with Gasteiger partial charge < -0.3 is 14.9 Å². The van der Waals surface area contributed by atoms with E-state index in [9.17, 15) is 18.0 Å². The second-order valence-corrected chi connectivity index (χ2v) is 6.61. The van der Waals surface area contributed by atoms with Crippen LogP contribution in [0.3, 0.4) is 0 Å². The summed E-state index contributed by atoms with van der Waals surface area (Å²) in [5.74, 6) is -0.233. The summed E-state index contributed by atoms with van der Waals surface area (Å²) in [5.41, 5.74) is 0.0775. The Hall–Kier alpha value is -1.44. The normalized spacial score (nSPS) is 24.2. The molecule has 0 unspecified atom stereocenters. The topological polar surface area (TPSA) is 43.8 Å². The average molecular weight is 379 g/mol. The fourth-order valence-corrected chi connectivity index (χ4v) is 4.04. The smallest absolute Gasteiger partial charge is 0.418 e. The van der Waals surface area contributed by atoms with Crippen LogP contribution in [0.1, 0.15) is 23.5 Å². The van der Waals surface area contributed by atoms with Crippen LogP contribution in [0.2, 0.25) is 0 Å². The van der Waals surface area contributed by atoms with E-state index < -0.39 is 17.8 Å². The van der Waals surface area contributed by atoms with Gasteiger partial charge in [-0.05, 0) is 24.1 Å². The highest BCUT2D eigenvalue weighted by Gasteiger charge is 2.46. The third kappa shape index (κ3) is 2.33. The van der Waals surface area contributed by atoms with E-state index in [0.29, 0.717) is 23.0 Å². The Morgan fingerprint density at radius 3 is 2.68 bits per heavy atom. The Labute approximate surface area is 133 Å². The Balaban J connectivity index is 2.10. The summed E-state index contributed by atoms with van der Waals surface area (Å²) in [6.07, 6.45) is -4.94. The highest BCUT2D eigenvalue weighted by Crippen LogP contribution is 2.50. The van der Waals surface area contributed by atoms with Gasteiger partial charge in [-0.3, -0.25) is 0 Å². The number of anilines is 1. The molecule has 2 aliphatic rings. The number of likely N-dealkylation sites (tertiary alicyclic amines) is 1. The van der Waals surface area contributed by atoms with E-state index >= 15 is 0 Å². The predicted molar refractivity (Wildman–Crippen MR) is 78.3 cm³/mol. The molecule has 1 aromatic rings. The van der Waals surface area contributed by atoms with Crippen LogP contribution in [-0.2, 0) is 6.18 Å². The number of rotatable bonds is 0. The third-order valence-electron chi connectivity index (χ3n) is 4.51. The molecule has 4 nitrogen and oxygen atoms in total. The third-order valence-corrected chi connectivity index (χ3v) is 4.96. The van der Waals surface area contributed by atoms with Crippen molar-refractivity contribution in [1.82, 2.24) is 4.90 Å². The fraction of sp³-hybridized carbons (Fsp3) is 0.500. The van der Waals surface area contributed by atoms with E-state index in [1.807, 2.05) is 0 Å². The fourth-order valence-electron chi connectivity index (χ4n) is 3.56. The number of carboxylic acid groups (broad SMARTS) is 1. The maximum absolute atomic E-state index is 13.3. The zero-order valence-electron chi connectivity index (χ0n) is 11.7. The van der Waals surface area contributed by atoms with Crippen LogP contribution in [0, 0.1) is 0 Å². The van der Waals surface area contributed by atoms with Gasteiger partial charge in [-0.25, -0.2) is 4.79 Å². The summed E-state index contributed by atoms with van der Waals surface area (Å²) in [5, 5.41) is 9.13. The number of halogens is 4. The molecule has 1 amide bonds. The molecule has 3 rings (SSSR count). The number of alkyl halides is 3. The summed E-state index contributed by atoms with van der Waals surface area (Å²) in [7, 11) is 1.66. The number of likely N-dealkylation sites (N-methyl/N-ethyl adjacent to an activating group) is 1. The molecule has 1 N–H and O–H groups in total. The van der Waals surface area contributed by atoms with Crippen molar-refractivity contribution in [3.63, 3.8) is 0 Å². The van der Waals surface area contributed by atoms with Gasteiger partial charge in [0.1, 0.15) is 0 Å². The Morgan fingerprint density at radius 1 is 1.41 bits per heavy atom. The van der Waals surface area contributed by atoms with Crippen LogP contribution < -0.4 is 4.90 Å². The quantitative estimate of drug-likeness (QED) is 0.747. The molecule has 1 fully saturated rings. The molecule has 120 valence electrons. The van der Waals surface area contributed by atoms with Crippen LogP contribution in [0.5, 0.6) is 0 Å². The summed E-state index contributed by atoms with van der Waals surface area (Å²) in [4.78, 5) is 14.1. The van der Waals surface area contributed by atoms with Gasteiger partial charge in [0.25, 0.3) is 0 Å². The molecule has 0 bridgehead atoms. The second kappa shape index (κ2) is 5.04. The number of piperidine rings is 1. The van der Waals surface area contributed by atoms with Gasteiger partial charge in [0, 0.05) is 36.6 Å². The monoisotopic (exact) mass is 378 g/mol. The van der Waals surface area contributed by atoms with Gasteiger partial charge in [0.15, 0.2) is 0 Å². The second-order valence-electron chi connectivity index (χ2n) is 5.69. The van der Waals surface area contributed by atoms with Crippen LogP contribution >= 0.6 is 15.9 Å². The van der Waals surface area contributed by atoms with Crippen LogP contribution in [0.25, 0.3) is 0 Å². The van der Waals surface area contributed by atoms with E-state index in [0.717, 1.165) is 6.07 Å². The van der Waals surface area contributed by atoms with Crippen LogP contribution in [0.4, 0.5) is 23.7 Å². The number of benzene rings is 1. The lowest BCUT2D eigenvalue weighted by Gasteiger charge is -2.36. The molecule has 0 radical (unpaired) electrons. The first-order valence-electron chi connectivity index (χ1n) is 6.81.